The number of amides is 1. The highest BCUT2D eigenvalue weighted by Gasteiger charge is 2.13. The fourth-order valence-electron chi connectivity index (χ4n) is 2.70. The Balaban J connectivity index is 1.56. The minimum atomic E-state index is -0.281. The van der Waals surface area contributed by atoms with E-state index in [1.54, 1.807) is 37.0 Å². The van der Waals surface area contributed by atoms with Crippen LogP contribution in [0, 0.1) is 6.92 Å². The van der Waals surface area contributed by atoms with Crippen molar-refractivity contribution in [1.29, 1.82) is 0 Å². The summed E-state index contributed by atoms with van der Waals surface area (Å²) < 4.78 is 11.9. The molecule has 4 rings (SSSR count). The quantitative estimate of drug-likeness (QED) is 0.579. The molecule has 4 aromatic rings. The van der Waals surface area contributed by atoms with Crippen molar-refractivity contribution in [1.82, 2.24) is 24.7 Å². The van der Waals surface area contributed by atoms with Crippen molar-refractivity contribution < 1.29 is 14.1 Å². The molecule has 0 radical (unpaired) electrons. The second-order valence-corrected chi connectivity index (χ2v) is 5.88. The van der Waals surface area contributed by atoms with Gasteiger partial charge >= 0.3 is 0 Å². The van der Waals surface area contributed by atoms with Gasteiger partial charge in [-0.15, -0.1) is 5.10 Å². The Bertz CT molecular complexity index is 1120. The van der Waals surface area contributed by atoms with Crippen LogP contribution < -0.4 is 10.1 Å². The molecule has 9 nitrogen and oxygen atoms in total. The second kappa shape index (κ2) is 6.87. The maximum atomic E-state index is 12.1. The van der Waals surface area contributed by atoms with Gasteiger partial charge in [0.05, 0.1) is 19.2 Å². The number of carbonyl (C=O) groups excluding carboxylic acids is 1. The number of fused-ring (bicyclic) bond motifs is 1. The van der Waals surface area contributed by atoms with E-state index < -0.39 is 0 Å². The molecule has 0 unspecified atom stereocenters. The van der Waals surface area contributed by atoms with Crippen molar-refractivity contribution >= 4 is 17.5 Å². The number of nitrogens with one attached hydrogen (secondary N) is 1. The van der Waals surface area contributed by atoms with E-state index in [9.17, 15) is 4.79 Å². The summed E-state index contributed by atoms with van der Waals surface area (Å²) in [6.07, 6.45) is 3.53. The molecule has 0 aliphatic rings. The van der Waals surface area contributed by atoms with Crippen molar-refractivity contribution in [2.75, 3.05) is 12.4 Å². The standard InChI is InChI=1S/C18H16N6O3/c1-11-8-13(27-23-11)9-16(25)21-18-20-15-6-5-12(10-24(15)22-18)14-4-3-7-19-17(14)26-2/h3-8,10H,9H2,1-2H3,(H,21,22,25). The zero-order valence-corrected chi connectivity index (χ0v) is 14.7. The summed E-state index contributed by atoms with van der Waals surface area (Å²) in [5.41, 5.74) is 3.03. The highest BCUT2D eigenvalue weighted by atomic mass is 16.5. The van der Waals surface area contributed by atoms with E-state index in [1.807, 2.05) is 24.3 Å². The van der Waals surface area contributed by atoms with Gasteiger partial charge in [-0.2, -0.15) is 4.98 Å². The maximum absolute atomic E-state index is 12.1. The topological polar surface area (TPSA) is 107 Å². The molecule has 4 heterocycles. The van der Waals surface area contributed by atoms with Crippen LogP contribution in [0.1, 0.15) is 11.5 Å². The number of hydrogen-bond acceptors (Lipinski definition) is 7. The number of carbonyl (C=O) groups is 1. The van der Waals surface area contributed by atoms with Gasteiger partial charge in [-0.25, -0.2) is 9.50 Å². The number of hydrogen-bond donors (Lipinski definition) is 1. The van der Waals surface area contributed by atoms with Crippen LogP contribution in [-0.2, 0) is 11.2 Å². The molecule has 0 aliphatic heterocycles. The molecular weight excluding hydrogens is 348 g/mol. The van der Waals surface area contributed by atoms with E-state index in [-0.39, 0.29) is 18.3 Å². The Morgan fingerprint density at radius 3 is 3.00 bits per heavy atom. The fraction of sp³-hybridized carbons (Fsp3) is 0.167. The molecule has 136 valence electrons. The van der Waals surface area contributed by atoms with Crippen molar-refractivity contribution in [3.8, 4) is 17.0 Å². The molecule has 0 fully saturated rings. The summed E-state index contributed by atoms with van der Waals surface area (Å²) in [6, 6.07) is 9.16. The van der Waals surface area contributed by atoms with Gasteiger partial charge in [0.25, 0.3) is 0 Å². The van der Waals surface area contributed by atoms with Gasteiger partial charge in [0.15, 0.2) is 5.65 Å². The lowest BCUT2D eigenvalue weighted by Gasteiger charge is -2.06. The molecule has 0 atom stereocenters. The third-order valence-electron chi connectivity index (χ3n) is 3.87. The molecule has 27 heavy (non-hydrogen) atoms. The van der Waals surface area contributed by atoms with Crippen LogP contribution >= 0.6 is 0 Å². The molecule has 1 N–H and O–H groups in total. The number of anilines is 1. The number of rotatable bonds is 5. The minimum absolute atomic E-state index is 0.0640. The first-order valence-corrected chi connectivity index (χ1v) is 8.20. The van der Waals surface area contributed by atoms with Crippen molar-refractivity contribution in [2.45, 2.75) is 13.3 Å². The zero-order chi connectivity index (χ0) is 18.8. The number of nitrogens with zero attached hydrogens (tertiary/aromatic N) is 5. The summed E-state index contributed by atoms with van der Waals surface area (Å²) in [5, 5.41) is 10.7. The molecule has 0 aromatic carbocycles. The molecular formula is C18H16N6O3. The molecule has 4 aromatic heterocycles. The van der Waals surface area contributed by atoms with Crippen LogP contribution in [0.2, 0.25) is 0 Å². The SMILES string of the molecule is COc1ncccc1-c1ccc2nc(NC(=O)Cc3cc(C)no3)nn2c1. The van der Waals surface area contributed by atoms with E-state index in [2.05, 4.69) is 25.5 Å². The molecule has 0 bridgehead atoms. The summed E-state index contributed by atoms with van der Waals surface area (Å²) in [6.45, 7) is 1.80. The summed E-state index contributed by atoms with van der Waals surface area (Å²) >= 11 is 0. The maximum Gasteiger partial charge on any atom is 0.249 e. The average Bonchev–Trinajstić information content (AvgIpc) is 3.25. The largest absolute Gasteiger partial charge is 0.481 e. The minimum Gasteiger partial charge on any atom is -0.481 e. The Morgan fingerprint density at radius 1 is 1.33 bits per heavy atom. The van der Waals surface area contributed by atoms with Crippen LogP contribution in [0.15, 0.2) is 47.2 Å². The lowest BCUT2D eigenvalue weighted by molar-refractivity contribution is -0.115. The second-order valence-electron chi connectivity index (χ2n) is 5.88. The number of methoxy groups -OCH3 is 1. The van der Waals surface area contributed by atoms with E-state index in [4.69, 9.17) is 9.26 Å². The fourth-order valence-corrected chi connectivity index (χ4v) is 2.70. The van der Waals surface area contributed by atoms with E-state index >= 15 is 0 Å². The van der Waals surface area contributed by atoms with Crippen LogP contribution in [-0.4, -0.2) is 37.8 Å². The predicted molar refractivity (Wildman–Crippen MR) is 96.3 cm³/mol. The van der Waals surface area contributed by atoms with Gasteiger partial charge in [0, 0.05) is 29.6 Å². The van der Waals surface area contributed by atoms with Gasteiger partial charge < -0.3 is 9.26 Å². The molecule has 0 saturated carbocycles. The normalized spacial score (nSPS) is 10.9. The average molecular weight is 364 g/mol. The molecule has 0 aliphatic carbocycles. The molecule has 0 spiro atoms. The lowest BCUT2D eigenvalue weighted by atomic mass is 10.1. The van der Waals surface area contributed by atoms with Crippen molar-refractivity contribution in [3.05, 3.63) is 54.2 Å². The van der Waals surface area contributed by atoms with Crippen LogP contribution in [0.25, 0.3) is 16.8 Å². The van der Waals surface area contributed by atoms with E-state index in [1.165, 1.54) is 0 Å². The Labute approximate surface area is 154 Å². The van der Waals surface area contributed by atoms with Crippen LogP contribution in [0.4, 0.5) is 5.95 Å². The first-order chi connectivity index (χ1) is 13.1. The number of ether oxygens (including phenoxy) is 1. The monoisotopic (exact) mass is 364 g/mol. The third-order valence-corrected chi connectivity index (χ3v) is 3.87. The number of aryl methyl sites for hydroxylation is 1. The Hall–Kier alpha value is -3.75. The van der Waals surface area contributed by atoms with Gasteiger partial charge in [-0.05, 0) is 31.2 Å². The van der Waals surface area contributed by atoms with Gasteiger partial charge in [-0.1, -0.05) is 5.16 Å². The zero-order valence-electron chi connectivity index (χ0n) is 14.7. The highest BCUT2D eigenvalue weighted by Crippen LogP contribution is 2.27. The third kappa shape index (κ3) is 3.47. The summed E-state index contributed by atoms with van der Waals surface area (Å²) in [5.74, 6) is 0.940. The molecule has 1 amide bonds. The molecule has 9 heteroatoms. The Morgan fingerprint density at radius 2 is 2.22 bits per heavy atom. The number of aromatic nitrogens is 5. The van der Waals surface area contributed by atoms with E-state index in [0.717, 1.165) is 16.8 Å². The van der Waals surface area contributed by atoms with Crippen LogP contribution in [0.3, 0.4) is 0 Å². The smallest absolute Gasteiger partial charge is 0.249 e. The van der Waals surface area contributed by atoms with Gasteiger partial charge in [-0.3, -0.25) is 10.1 Å². The first-order valence-electron chi connectivity index (χ1n) is 8.20. The number of pyridine rings is 2. The highest BCUT2D eigenvalue weighted by molar-refractivity contribution is 5.90. The van der Waals surface area contributed by atoms with Crippen molar-refractivity contribution in [3.63, 3.8) is 0 Å². The molecule has 0 saturated heterocycles. The first kappa shape index (κ1) is 16.7. The van der Waals surface area contributed by atoms with Gasteiger partial charge in [0.2, 0.25) is 17.7 Å². The lowest BCUT2D eigenvalue weighted by Crippen LogP contribution is -2.15. The van der Waals surface area contributed by atoms with Crippen LogP contribution in [0.5, 0.6) is 5.88 Å². The summed E-state index contributed by atoms with van der Waals surface area (Å²) in [4.78, 5) is 20.6. The van der Waals surface area contributed by atoms with Crippen molar-refractivity contribution in [2.24, 2.45) is 0 Å². The Kier molecular flexibility index (Phi) is 4.25. The van der Waals surface area contributed by atoms with E-state index in [0.29, 0.717) is 17.3 Å². The predicted octanol–water partition coefficient (Wildman–Crippen LogP) is 2.28. The summed E-state index contributed by atoms with van der Waals surface area (Å²) in [7, 11) is 1.57. The van der Waals surface area contributed by atoms with Gasteiger partial charge in [0.1, 0.15) is 5.76 Å².